The van der Waals surface area contributed by atoms with Crippen molar-refractivity contribution in [1.82, 2.24) is 0 Å². The van der Waals surface area contributed by atoms with E-state index in [1.54, 1.807) is 12.1 Å². The van der Waals surface area contributed by atoms with Crippen LogP contribution in [0.15, 0.2) is 59.9 Å². The smallest absolute Gasteiger partial charge is 0.213 e. The summed E-state index contributed by atoms with van der Waals surface area (Å²) in [6.07, 6.45) is 0. The van der Waals surface area contributed by atoms with Gasteiger partial charge >= 0.3 is 0 Å². The highest BCUT2D eigenvalue weighted by atomic mass is 16.1. The van der Waals surface area contributed by atoms with E-state index in [1.165, 1.54) is 0 Å². The molecule has 0 amide bonds. The Hall–Kier alpha value is -2.88. The number of ketones is 2. The molecule has 2 heterocycles. The van der Waals surface area contributed by atoms with E-state index >= 15 is 0 Å². The fourth-order valence-corrected chi connectivity index (χ4v) is 2.58. The minimum absolute atomic E-state index is 0.149. The van der Waals surface area contributed by atoms with Crippen LogP contribution in [-0.4, -0.2) is 11.6 Å². The minimum atomic E-state index is -0.149. The summed E-state index contributed by atoms with van der Waals surface area (Å²) in [7, 11) is 0. The van der Waals surface area contributed by atoms with Gasteiger partial charge in [-0.2, -0.15) is 0 Å². The second-order valence-corrected chi connectivity index (χ2v) is 4.75. The van der Waals surface area contributed by atoms with E-state index in [9.17, 15) is 9.59 Å². The number of fused-ring (bicyclic) bond motifs is 2. The number of carbonyl (C=O) groups is 2. The third-order valence-electron chi connectivity index (χ3n) is 3.57. The van der Waals surface area contributed by atoms with Crippen molar-refractivity contribution in [2.45, 2.75) is 0 Å². The zero-order valence-electron chi connectivity index (χ0n) is 10.4. The maximum Gasteiger partial charge on any atom is 0.213 e. The fourth-order valence-electron chi connectivity index (χ4n) is 2.58. The molecule has 0 radical (unpaired) electrons. The number of rotatable bonds is 0. The number of Topliss-reactive ketones (excluding diaryl/α,β-unsaturated/α-hetero) is 2. The first-order valence-corrected chi connectivity index (χ1v) is 6.31. The Morgan fingerprint density at radius 3 is 1.40 bits per heavy atom. The Kier molecular flexibility index (Phi) is 2.09. The van der Waals surface area contributed by atoms with Crippen LogP contribution in [0.4, 0.5) is 11.4 Å². The molecule has 4 nitrogen and oxygen atoms in total. The standard InChI is InChI=1S/C16H10N2O2/c19-15-9-5-1-3-7-11(9)17-13(15)14-16(20)10-6-2-4-8-12(10)18-14/h1-8,17-18H/b14-13-. The SMILES string of the molecule is O=C1/C(=C2/Nc3ccccc3C2=O)Nc2ccccc21. The molecule has 0 aliphatic carbocycles. The van der Waals surface area contributed by atoms with E-state index in [-0.39, 0.29) is 11.6 Å². The minimum Gasteiger partial charge on any atom is -0.350 e. The average molecular weight is 262 g/mol. The maximum absolute atomic E-state index is 12.4. The summed E-state index contributed by atoms with van der Waals surface area (Å²) in [5.74, 6) is -0.298. The van der Waals surface area contributed by atoms with E-state index in [0.29, 0.717) is 22.5 Å². The first-order chi connectivity index (χ1) is 9.75. The summed E-state index contributed by atoms with van der Waals surface area (Å²) in [5.41, 5.74) is 3.33. The molecule has 0 spiro atoms. The number of benzene rings is 2. The monoisotopic (exact) mass is 262 g/mol. The Balaban J connectivity index is 1.85. The van der Waals surface area contributed by atoms with Gasteiger partial charge < -0.3 is 10.6 Å². The van der Waals surface area contributed by atoms with E-state index in [1.807, 2.05) is 36.4 Å². The van der Waals surface area contributed by atoms with Gasteiger partial charge in [-0.25, -0.2) is 0 Å². The summed E-state index contributed by atoms with van der Waals surface area (Å²) in [6.45, 7) is 0. The van der Waals surface area contributed by atoms with Crippen LogP contribution in [0.3, 0.4) is 0 Å². The number of nitrogens with one attached hydrogen (secondary N) is 2. The van der Waals surface area contributed by atoms with Gasteiger partial charge in [-0.15, -0.1) is 0 Å². The van der Waals surface area contributed by atoms with Gasteiger partial charge in [0.25, 0.3) is 0 Å². The molecule has 0 fully saturated rings. The predicted molar refractivity (Wildman–Crippen MR) is 75.8 cm³/mol. The predicted octanol–water partition coefficient (Wildman–Crippen LogP) is 2.81. The first kappa shape index (κ1) is 11.0. The summed E-state index contributed by atoms with van der Waals surface area (Å²) < 4.78 is 0. The molecular formula is C16H10N2O2. The number of allylic oxidation sites excluding steroid dienone is 2. The maximum atomic E-state index is 12.4. The molecule has 0 atom stereocenters. The lowest BCUT2D eigenvalue weighted by Gasteiger charge is -2.03. The molecule has 0 aromatic heterocycles. The molecule has 4 heteroatoms. The van der Waals surface area contributed by atoms with Gasteiger partial charge in [0.05, 0.1) is 0 Å². The molecule has 20 heavy (non-hydrogen) atoms. The fraction of sp³-hybridized carbons (Fsp3) is 0. The van der Waals surface area contributed by atoms with E-state index in [4.69, 9.17) is 0 Å². The highest BCUT2D eigenvalue weighted by molar-refractivity contribution is 6.27. The zero-order chi connectivity index (χ0) is 13.7. The van der Waals surface area contributed by atoms with Crippen LogP contribution in [0.2, 0.25) is 0 Å². The number of para-hydroxylation sites is 2. The molecule has 2 aliphatic heterocycles. The average Bonchev–Trinajstić information content (AvgIpc) is 2.98. The molecule has 96 valence electrons. The molecule has 2 aromatic rings. The Morgan fingerprint density at radius 2 is 1.00 bits per heavy atom. The van der Waals surface area contributed by atoms with Gasteiger partial charge in [-0.1, -0.05) is 24.3 Å². The third-order valence-corrected chi connectivity index (χ3v) is 3.57. The Labute approximate surface area is 115 Å². The van der Waals surface area contributed by atoms with Crippen LogP contribution in [0.1, 0.15) is 20.7 Å². The van der Waals surface area contributed by atoms with E-state index < -0.39 is 0 Å². The van der Waals surface area contributed by atoms with Gasteiger partial charge in [0.1, 0.15) is 11.4 Å². The van der Waals surface area contributed by atoms with Crippen LogP contribution < -0.4 is 10.6 Å². The van der Waals surface area contributed by atoms with E-state index in [2.05, 4.69) is 10.6 Å². The molecule has 4 rings (SSSR count). The molecule has 2 N–H and O–H groups in total. The highest BCUT2D eigenvalue weighted by Crippen LogP contribution is 2.34. The van der Waals surface area contributed by atoms with Crippen LogP contribution in [0.5, 0.6) is 0 Å². The zero-order valence-corrected chi connectivity index (χ0v) is 10.4. The number of hydrogen-bond acceptors (Lipinski definition) is 4. The lowest BCUT2D eigenvalue weighted by atomic mass is 10.1. The van der Waals surface area contributed by atoms with Crippen LogP contribution in [-0.2, 0) is 0 Å². The molecule has 2 aromatic carbocycles. The topological polar surface area (TPSA) is 58.2 Å². The largest absolute Gasteiger partial charge is 0.350 e. The van der Waals surface area contributed by atoms with Crippen molar-refractivity contribution in [2.24, 2.45) is 0 Å². The molecule has 2 aliphatic rings. The van der Waals surface area contributed by atoms with Gasteiger partial charge in [0.2, 0.25) is 11.6 Å². The summed E-state index contributed by atoms with van der Waals surface area (Å²) in [5, 5.41) is 6.08. The highest BCUT2D eigenvalue weighted by Gasteiger charge is 2.34. The van der Waals surface area contributed by atoms with Crippen molar-refractivity contribution in [2.75, 3.05) is 10.6 Å². The second-order valence-electron chi connectivity index (χ2n) is 4.75. The molecule has 0 saturated heterocycles. The quantitative estimate of drug-likeness (QED) is 0.717. The van der Waals surface area contributed by atoms with Crippen molar-refractivity contribution >= 4 is 22.9 Å². The lowest BCUT2D eigenvalue weighted by Crippen LogP contribution is -2.13. The Bertz CT molecular complexity index is 738. The number of carbonyl (C=O) groups excluding carboxylic acids is 2. The van der Waals surface area contributed by atoms with Crippen LogP contribution >= 0.6 is 0 Å². The number of hydrogen-bond donors (Lipinski definition) is 2. The summed E-state index contributed by atoms with van der Waals surface area (Å²) >= 11 is 0. The normalized spacial score (nSPS) is 19.4. The van der Waals surface area contributed by atoms with Gasteiger partial charge in [0, 0.05) is 22.5 Å². The summed E-state index contributed by atoms with van der Waals surface area (Å²) in [4.78, 5) is 24.7. The van der Waals surface area contributed by atoms with Gasteiger partial charge in [0.15, 0.2) is 0 Å². The Morgan fingerprint density at radius 1 is 0.600 bits per heavy atom. The second kappa shape index (κ2) is 3.81. The van der Waals surface area contributed by atoms with E-state index in [0.717, 1.165) is 11.4 Å². The third kappa shape index (κ3) is 1.36. The van der Waals surface area contributed by atoms with Crippen LogP contribution in [0.25, 0.3) is 0 Å². The van der Waals surface area contributed by atoms with Crippen LogP contribution in [0, 0.1) is 0 Å². The molecular weight excluding hydrogens is 252 g/mol. The molecule has 0 unspecified atom stereocenters. The van der Waals surface area contributed by atoms with Crippen molar-refractivity contribution in [1.29, 1.82) is 0 Å². The first-order valence-electron chi connectivity index (χ1n) is 6.31. The molecule has 0 saturated carbocycles. The lowest BCUT2D eigenvalue weighted by molar-refractivity contribution is 0.101. The number of anilines is 2. The van der Waals surface area contributed by atoms with Crippen molar-refractivity contribution in [3.05, 3.63) is 71.1 Å². The van der Waals surface area contributed by atoms with Crippen molar-refractivity contribution < 1.29 is 9.59 Å². The van der Waals surface area contributed by atoms with Crippen molar-refractivity contribution in [3.8, 4) is 0 Å². The van der Waals surface area contributed by atoms with Crippen molar-refractivity contribution in [3.63, 3.8) is 0 Å². The molecule has 0 bridgehead atoms. The van der Waals surface area contributed by atoms with Gasteiger partial charge in [-0.05, 0) is 24.3 Å². The summed E-state index contributed by atoms with van der Waals surface area (Å²) in [6, 6.07) is 14.5. The van der Waals surface area contributed by atoms with Gasteiger partial charge in [-0.3, -0.25) is 9.59 Å².